The van der Waals surface area contributed by atoms with E-state index in [1.807, 2.05) is 18.2 Å². The number of fused-ring (bicyclic) bond motifs is 1. The number of aromatic nitrogens is 1. The van der Waals surface area contributed by atoms with Crippen molar-refractivity contribution < 1.29 is 13.9 Å². The maximum absolute atomic E-state index is 12.8. The summed E-state index contributed by atoms with van der Waals surface area (Å²) < 4.78 is 12.6. The summed E-state index contributed by atoms with van der Waals surface area (Å²) in [4.78, 5) is 17.3. The zero-order valence-electron chi connectivity index (χ0n) is 15.0. The van der Waals surface area contributed by atoms with Crippen LogP contribution in [0.4, 0.5) is 5.69 Å². The van der Waals surface area contributed by atoms with Crippen LogP contribution in [0.5, 0.6) is 5.75 Å². The molecule has 3 aromatic carbocycles. The number of hydrogen-bond acceptors (Lipinski definition) is 4. The minimum Gasteiger partial charge on any atom is -0.495 e. The van der Waals surface area contributed by atoms with Gasteiger partial charge in [0.15, 0.2) is 5.58 Å². The Hall–Kier alpha value is -2.35. The second kappa shape index (κ2) is 8.18. The molecular formula is C21H13Br2ClN2O3. The Labute approximate surface area is 188 Å². The van der Waals surface area contributed by atoms with Crippen molar-refractivity contribution in [1.82, 2.24) is 4.98 Å². The summed E-state index contributed by atoms with van der Waals surface area (Å²) in [7, 11) is 1.52. The first-order valence-corrected chi connectivity index (χ1v) is 10.4. The summed E-state index contributed by atoms with van der Waals surface area (Å²) in [5, 5.41) is 3.52. The largest absolute Gasteiger partial charge is 0.495 e. The average molecular weight is 537 g/mol. The Morgan fingerprint density at radius 3 is 2.59 bits per heavy atom. The van der Waals surface area contributed by atoms with Crippen LogP contribution in [0.15, 0.2) is 68.0 Å². The number of benzene rings is 3. The molecule has 0 spiro atoms. The van der Waals surface area contributed by atoms with Crippen LogP contribution in [-0.2, 0) is 0 Å². The van der Waals surface area contributed by atoms with Gasteiger partial charge < -0.3 is 14.5 Å². The molecule has 1 aromatic heterocycles. The number of carbonyl (C=O) groups is 1. The number of amides is 1. The van der Waals surface area contributed by atoms with E-state index in [-0.39, 0.29) is 5.91 Å². The van der Waals surface area contributed by atoms with Crippen molar-refractivity contribution in [2.45, 2.75) is 0 Å². The minimum absolute atomic E-state index is 0.301. The van der Waals surface area contributed by atoms with Gasteiger partial charge in [-0.3, -0.25) is 4.79 Å². The number of methoxy groups -OCH3 is 1. The van der Waals surface area contributed by atoms with E-state index in [0.29, 0.717) is 43.5 Å². The normalized spacial score (nSPS) is 10.9. The lowest BCUT2D eigenvalue weighted by molar-refractivity contribution is 0.102. The summed E-state index contributed by atoms with van der Waals surface area (Å²) in [5.74, 6) is 0.639. The topological polar surface area (TPSA) is 64.4 Å². The van der Waals surface area contributed by atoms with Crippen LogP contribution in [0.3, 0.4) is 0 Å². The second-order valence-corrected chi connectivity index (χ2v) is 8.34. The quantitative estimate of drug-likeness (QED) is 0.307. The van der Waals surface area contributed by atoms with Crippen LogP contribution in [-0.4, -0.2) is 18.0 Å². The lowest BCUT2D eigenvalue weighted by Crippen LogP contribution is -2.13. The first kappa shape index (κ1) is 19.9. The molecule has 0 bridgehead atoms. The Bertz CT molecular complexity index is 1220. The van der Waals surface area contributed by atoms with Crippen LogP contribution >= 0.6 is 43.5 Å². The lowest BCUT2D eigenvalue weighted by atomic mass is 10.2. The highest BCUT2D eigenvalue weighted by atomic mass is 79.9. The number of nitrogens with one attached hydrogen (secondary N) is 1. The van der Waals surface area contributed by atoms with E-state index >= 15 is 0 Å². The molecule has 0 fully saturated rings. The lowest BCUT2D eigenvalue weighted by Gasteiger charge is -2.11. The van der Waals surface area contributed by atoms with Gasteiger partial charge in [0.1, 0.15) is 11.3 Å². The molecule has 0 saturated heterocycles. The molecule has 1 amide bonds. The Kier molecular flexibility index (Phi) is 5.63. The maximum Gasteiger partial charge on any atom is 0.259 e. The van der Waals surface area contributed by atoms with Crippen molar-refractivity contribution in [1.29, 1.82) is 0 Å². The van der Waals surface area contributed by atoms with E-state index in [0.717, 1.165) is 10.0 Å². The zero-order chi connectivity index (χ0) is 20.5. The molecular weight excluding hydrogens is 524 g/mol. The van der Waals surface area contributed by atoms with Gasteiger partial charge >= 0.3 is 0 Å². The number of carbonyl (C=O) groups excluding carboxylic acids is 1. The molecule has 0 aliphatic heterocycles. The van der Waals surface area contributed by atoms with Crippen LogP contribution in [0.1, 0.15) is 10.4 Å². The fourth-order valence-corrected chi connectivity index (χ4v) is 4.37. The van der Waals surface area contributed by atoms with E-state index in [9.17, 15) is 4.79 Å². The molecule has 0 radical (unpaired) electrons. The highest BCUT2D eigenvalue weighted by Crippen LogP contribution is 2.33. The summed E-state index contributed by atoms with van der Waals surface area (Å²) in [6, 6.07) is 16.0. The molecule has 0 aliphatic rings. The summed E-state index contributed by atoms with van der Waals surface area (Å²) in [6.45, 7) is 0. The Balaban J connectivity index is 1.64. The number of halogens is 3. The minimum atomic E-state index is -0.301. The van der Waals surface area contributed by atoms with Crippen molar-refractivity contribution in [3.8, 4) is 17.2 Å². The van der Waals surface area contributed by atoms with E-state index < -0.39 is 0 Å². The van der Waals surface area contributed by atoms with Crippen LogP contribution in [0.2, 0.25) is 5.02 Å². The Morgan fingerprint density at radius 1 is 1.10 bits per heavy atom. The number of nitrogens with zero attached hydrogens (tertiary/aromatic N) is 1. The maximum atomic E-state index is 12.8. The number of ether oxygens (including phenoxy) is 1. The molecule has 5 nitrogen and oxygen atoms in total. The van der Waals surface area contributed by atoms with Gasteiger partial charge in [-0.05, 0) is 70.5 Å². The fourth-order valence-electron chi connectivity index (χ4n) is 2.86. The van der Waals surface area contributed by atoms with Crippen molar-refractivity contribution in [3.05, 3.63) is 74.1 Å². The molecule has 0 unspecified atom stereocenters. The number of hydrogen-bond donors (Lipinski definition) is 1. The smallest absolute Gasteiger partial charge is 0.259 e. The predicted octanol–water partition coefficient (Wildman–Crippen LogP) is 6.93. The predicted molar refractivity (Wildman–Crippen MR) is 121 cm³/mol. The van der Waals surface area contributed by atoms with Gasteiger partial charge in [0.05, 0.1) is 17.1 Å². The molecule has 1 N–H and O–H groups in total. The van der Waals surface area contributed by atoms with Crippen molar-refractivity contribution >= 4 is 66.2 Å². The molecule has 0 saturated carbocycles. The van der Waals surface area contributed by atoms with Gasteiger partial charge in [-0.2, -0.15) is 0 Å². The third-order valence-corrected chi connectivity index (χ3v) is 5.49. The van der Waals surface area contributed by atoms with Gasteiger partial charge in [-0.1, -0.05) is 27.5 Å². The van der Waals surface area contributed by atoms with Gasteiger partial charge in [0.25, 0.3) is 5.91 Å². The second-order valence-electron chi connectivity index (χ2n) is 6.13. The van der Waals surface area contributed by atoms with Gasteiger partial charge in [-0.25, -0.2) is 4.98 Å². The van der Waals surface area contributed by atoms with Gasteiger partial charge in [-0.15, -0.1) is 0 Å². The van der Waals surface area contributed by atoms with Crippen molar-refractivity contribution in [2.75, 3.05) is 12.4 Å². The van der Waals surface area contributed by atoms with E-state index in [1.165, 1.54) is 7.11 Å². The number of anilines is 1. The van der Waals surface area contributed by atoms with E-state index in [2.05, 4.69) is 42.2 Å². The van der Waals surface area contributed by atoms with Crippen LogP contribution in [0, 0.1) is 0 Å². The van der Waals surface area contributed by atoms with Gasteiger partial charge in [0.2, 0.25) is 5.89 Å². The zero-order valence-corrected chi connectivity index (χ0v) is 18.9. The third-order valence-electron chi connectivity index (χ3n) is 4.19. The summed E-state index contributed by atoms with van der Waals surface area (Å²) >= 11 is 12.7. The van der Waals surface area contributed by atoms with Crippen molar-refractivity contribution in [3.63, 3.8) is 0 Å². The number of oxazole rings is 1. The highest BCUT2D eigenvalue weighted by molar-refractivity contribution is 9.11. The standard InChI is InChI=1S/C21H13Br2ClN2O3/c1-28-19-15(8-12(22)9-16(19)23)20(27)25-14-6-7-18-17(10-14)26-21(29-18)11-2-4-13(24)5-3-11/h2-10H,1H3,(H,25,27). The van der Waals surface area contributed by atoms with Crippen LogP contribution in [0.25, 0.3) is 22.6 Å². The summed E-state index contributed by atoms with van der Waals surface area (Å²) in [6.07, 6.45) is 0. The molecule has 0 atom stereocenters. The first-order chi connectivity index (χ1) is 13.9. The van der Waals surface area contributed by atoms with E-state index in [4.69, 9.17) is 20.8 Å². The first-order valence-electron chi connectivity index (χ1n) is 8.45. The average Bonchev–Trinajstić information content (AvgIpc) is 3.11. The Morgan fingerprint density at radius 2 is 1.86 bits per heavy atom. The molecule has 1 heterocycles. The molecule has 8 heteroatoms. The number of rotatable bonds is 4. The monoisotopic (exact) mass is 534 g/mol. The fraction of sp³-hybridized carbons (Fsp3) is 0.0476. The molecule has 0 aliphatic carbocycles. The van der Waals surface area contributed by atoms with Crippen LogP contribution < -0.4 is 10.1 Å². The molecule has 146 valence electrons. The van der Waals surface area contributed by atoms with E-state index in [1.54, 1.807) is 36.4 Å². The van der Waals surface area contributed by atoms with Crippen molar-refractivity contribution in [2.24, 2.45) is 0 Å². The molecule has 29 heavy (non-hydrogen) atoms. The third kappa shape index (κ3) is 4.17. The summed E-state index contributed by atoms with van der Waals surface area (Å²) in [5.41, 5.74) is 3.07. The van der Waals surface area contributed by atoms with Gasteiger partial charge in [0, 0.05) is 20.7 Å². The molecule has 4 aromatic rings. The SMILES string of the molecule is COc1c(Br)cc(Br)cc1C(=O)Nc1ccc2oc(-c3ccc(Cl)cc3)nc2c1. The molecule has 4 rings (SSSR count). The highest BCUT2D eigenvalue weighted by Gasteiger charge is 2.17.